The molecule has 19 heavy (non-hydrogen) atoms. The van der Waals surface area contributed by atoms with Crippen molar-refractivity contribution >= 4 is 5.91 Å². The Hall–Kier alpha value is -0.780. The van der Waals surface area contributed by atoms with Gasteiger partial charge >= 0.3 is 6.18 Å². The minimum Gasteiger partial charge on any atom is -0.352 e. The predicted molar refractivity (Wildman–Crippen MR) is 67.7 cm³/mol. The summed E-state index contributed by atoms with van der Waals surface area (Å²) in [5, 5.41) is 5.73. The molecule has 0 saturated heterocycles. The molecule has 1 fully saturated rings. The molecule has 0 aromatic heterocycles. The monoisotopic (exact) mass is 280 g/mol. The van der Waals surface area contributed by atoms with Gasteiger partial charge in [0.05, 0.1) is 12.5 Å². The highest BCUT2D eigenvalue weighted by Gasteiger charge is 2.42. The number of halogens is 3. The Kier molecular flexibility index (Phi) is 6.10. The summed E-state index contributed by atoms with van der Waals surface area (Å²) in [5.74, 6) is -1.48. The van der Waals surface area contributed by atoms with E-state index in [1.165, 1.54) is 0 Å². The maximum Gasteiger partial charge on any atom is 0.391 e. The van der Waals surface area contributed by atoms with E-state index in [2.05, 4.69) is 10.6 Å². The van der Waals surface area contributed by atoms with Crippen molar-refractivity contribution in [2.75, 3.05) is 6.54 Å². The molecule has 0 heterocycles. The van der Waals surface area contributed by atoms with Crippen LogP contribution in [0.1, 0.15) is 46.0 Å². The normalized spacial score (nSPS) is 25.9. The molecule has 3 nitrogen and oxygen atoms in total. The van der Waals surface area contributed by atoms with Gasteiger partial charge in [0.25, 0.3) is 0 Å². The van der Waals surface area contributed by atoms with Gasteiger partial charge in [-0.1, -0.05) is 13.3 Å². The van der Waals surface area contributed by atoms with Gasteiger partial charge in [-0.3, -0.25) is 4.79 Å². The molecule has 1 rings (SSSR count). The molecule has 0 aromatic carbocycles. The quantitative estimate of drug-likeness (QED) is 0.813. The molecule has 1 amide bonds. The molecule has 0 spiro atoms. The standard InChI is InChI=1S/C13H23F3N2O/c1-3-9(2)17-8-12(19)18-11-6-4-5-10(7-11)13(14,15)16/h9-11,17H,3-8H2,1-2H3,(H,18,19). The maximum atomic E-state index is 12.6. The summed E-state index contributed by atoms with van der Waals surface area (Å²) < 4.78 is 37.9. The average Bonchev–Trinajstić information content (AvgIpc) is 2.35. The fraction of sp³-hybridized carbons (Fsp3) is 0.923. The number of carbonyl (C=O) groups excluding carboxylic acids is 1. The zero-order chi connectivity index (χ0) is 14.5. The van der Waals surface area contributed by atoms with Crippen molar-refractivity contribution in [3.63, 3.8) is 0 Å². The van der Waals surface area contributed by atoms with E-state index in [0.717, 1.165) is 6.42 Å². The SMILES string of the molecule is CCC(C)NCC(=O)NC1CCCC(C(F)(F)F)C1. The number of hydrogen-bond acceptors (Lipinski definition) is 2. The number of amides is 1. The molecule has 112 valence electrons. The Morgan fingerprint density at radius 2 is 2.05 bits per heavy atom. The summed E-state index contributed by atoms with van der Waals surface area (Å²) in [6.07, 6.45) is -1.87. The van der Waals surface area contributed by atoms with E-state index in [4.69, 9.17) is 0 Å². The number of alkyl halides is 3. The Balaban J connectivity index is 2.34. The Labute approximate surface area is 112 Å². The molecule has 2 N–H and O–H groups in total. The number of rotatable bonds is 5. The summed E-state index contributed by atoms with van der Waals surface area (Å²) in [7, 11) is 0. The van der Waals surface area contributed by atoms with E-state index < -0.39 is 12.1 Å². The van der Waals surface area contributed by atoms with Crippen LogP contribution in [0, 0.1) is 5.92 Å². The van der Waals surface area contributed by atoms with Crippen LogP contribution in [0.15, 0.2) is 0 Å². The first-order valence-electron chi connectivity index (χ1n) is 6.92. The molecular formula is C13H23F3N2O. The molecule has 0 aromatic rings. The lowest BCUT2D eigenvalue weighted by molar-refractivity contribution is -0.184. The molecule has 0 aliphatic heterocycles. The molecule has 0 bridgehead atoms. The molecule has 1 saturated carbocycles. The van der Waals surface area contributed by atoms with Gasteiger partial charge < -0.3 is 10.6 Å². The first kappa shape index (κ1) is 16.3. The maximum absolute atomic E-state index is 12.6. The fourth-order valence-corrected chi connectivity index (χ4v) is 2.31. The Morgan fingerprint density at radius 3 is 2.63 bits per heavy atom. The van der Waals surface area contributed by atoms with Crippen molar-refractivity contribution in [2.24, 2.45) is 5.92 Å². The summed E-state index contributed by atoms with van der Waals surface area (Å²) >= 11 is 0. The van der Waals surface area contributed by atoms with Crippen LogP contribution in [0.4, 0.5) is 13.2 Å². The largest absolute Gasteiger partial charge is 0.391 e. The minimum atomic E-state index is -4.14. The summed E-state index contributed by atoms with van der Waals surface area (Å²) in [4.78, 5) is 11.6. The van der Waals surface area contributed by atoms with Crippen molar-refractivity contribution in [1.82, 2.24) is 10.6 Å². The van der Waals surface area contributed by atoms with Crippen LogP contribution in [0.3, 0.4) is 0 Å². The predicted octanol–water partition coefficient (Wildman–Crippen LogP) is 2.61. The topological polar surface area (TPSA) is 41.1 Å². The second kappa shape index (κ2) is 7.12. The molecule has 1 aliphatic rings. The molecule has 1 aliphatic carbocycles. The molecule has 6 heteroatoms. The van der Waals surface area contributed by atoms with Crippen LogP contribution < -0.4 is 10.6 Å². The lowest BCUT2D eigenvalue weighted by atomic mass is 9.85. The van der Waals surface area contributed by atoms with Crippen molar-refractivity contribution in [1.29, 1.82) is 0 Å². The lowest BCUT2D eigenvalue weighted by Gasteiger charge is -2.31. The van der Waals surface area contributed by atoms with Gasteiger partial charge in [0.15, 0.2) is 0 Å². The van der Waals surface area contributed by atoms with Crippen molar-refractivity contribution < 1.29 is 18.0 Å². The second-order valence-electron chi connectivity index (χ2n) is 5.36. The zero-order valence-electron chi connectivity index (χ0n) is 11.5. The summed E-state index contributed by atoms with van der Waals surface area (Å²) in [6.45, 7) is 4.14. The third-order valence-electron chi connectivity index (χ3n) is 3.73. The smallest absolute Gasteiger partial charge is 0.352 e. The van der Waals surface area contributed by atoms with Crippen LogP contribution in [-0.4, -0.2) is 30.7 Å². The summed E-state index contributed by atoms with van der Waals surface area (Å²) in [6, 6.07) is -0.105. The minimum absolute atomic E-state index is 0.0125. The molecular weight excluding hydrogens is 257 g/mol. The van der Waals surface area contributed by atoms with Crippen LogP contribution in [0.5, 0.6) is 0 Å². The molecule has 3 unspecified atom stereocenters. The van der Waals surface area contributed by atoms with Crippen molar-refractivity contribution in [3.8, 4) is 0 Å². The number of carbonyl (C=O) groups is 1. The van der Waals surface area contributed by atoms with Gasteiger partial charge in [0.1, 0.15) is 0 Å². The van der Waals surface area contributed by atoms with E-state index >= 15 is 0 Å². The van der Waals surface area contributed by atoms with E-state index in [9.17, 15) is 18.0 Å². The first-order chi connectivity index (χ1) is 8.82. The number of nitrogens with one attached hydrogen (secondary N) is 2. The van der Waals surface area contributed by atoms with E-state index in [0.29, 0.717) is 12.8 Å². The summed E-state index contributed by atoms with van der Waals surface area (Å²) in [5.41, 5.74) is 0. The van der Waals surface area contributed by atoms with Gasteiger partial charge in [-0.05, 0) is 32.6 Å². The number of hydrogen-bond donors (Lipinski definition) is 2. The molecule has 0 radical (unpaired) electrons. The Bertz CT molecular complexity index is 294. The van der Waals surface area contributed by atoms with E-state index in [-0.39, 0.29) is 37.4 Å². The van der Waals surface area contributed by atoms with Crippen LogP contribution >= 0.6 is 0 Å². The van der Waals surface area contributed by atoms with Gasteiger partial charge in [0, 0.05) is 12.1 Å². The second-order valence-corrected chi connectivity index (χ2v) is 5.36. The Morgan fingerprint density at radius 1 is 1.37 bits per heavy atom. The third-order valence-corrected chi connectivity index (χ3v) is 3.73. The van der Waals surface area contributed by atoms with E-state index in [1.54, 1.807) is 0 Å². The van der Waals surface area contributed by atoms with Crippen LogP contribution in [0.25, 0.3) is 0 Å². The average molecular weight is 280 g/mol. The lowest BCUT2D eigenvalue weighted by Crippen LogP contribution is -2.45. The van der Waals surface area contributed by atoms with Gasteiger partial charge in [-0.25, -0.2) is 0 Å². The first-order valence-corrected chi connectivity index (χ1v) is 6.92. The van der Waals surface area contributed by atoms with Crippen molar-refractivity contribution in [2.45, 2.75) is 64.2 Å². The highest BCUT2D eigenvalue weighted by atomic mass is 19.4. The fourth-order valence-electron chi connectivity index (χ4n) is 2.31. The highest BCUT2D eigenvalue weighted by Crippen LogP contribution is 2.37. The van der Waals surface area contributed by atoms with Gasteiger partial charge in [-0.2, -0.15) is 13.2 Å². The van der Waals surface area contributed by atoms with Gasteiger partial charge in [-0.15, -0.1) is 0 Å². The molecule has 3 atom stereocenters. The zero-order valence-corrected chi connectivity index (χ0v) is 11.5. The van der Waals surface area contributed by atoms with Crippen LogP contribution in [-0.2, 0) is 4.79 Å². The van der Waals surface area contributed by atoms with E-state index in [1.807, 2.05) is 13.8 Å². The van der Waals surface area contributed by atoms with Gasteiger partial charge in [0.2, 0.25) is 5.91 Å². The third kappa shape index (κ3) is 5.80. The highest BCUT2D eigenvalue weighted by molar-refractivity contribution is 5.78. The van der Waals surface area contributed by atoms with Crippen molar-refractivity contribution in [3.05, 3.63) is 0 Å². The van der Waals surface area contributed by atoms with Crippen LogP contribution in [0.2, 0.25) is 0 Å².